The Kier molecular flexibility index (Phi) is 9.41. The Balaban J connectivity index is 1.14. The molecule has 2 saturated carbocycles. The van der Waals surface area contributed by atoms with Gasteiger partial charge >= 0.3 is 6.03 Å². The van der Waals surface area contributed by atoms with Crippen molar-refractivity contribution in [1.29, 1.82) is 5.26 Å². The first-order chi connectivity index (χ1) is 21.4. The largest absolute Gasteiger partial charge is 0.395 e. The summed E-state index contributed by atoms with van der Waals surface area (Å²) in [5.74, 6) is 0.461. The van der Waals surface area contributed by atoms with Crippen molar-refractivity contribution in [2.75, 3.05) is 31.6 Å². The lowest BCUT2D eigenvalue weighted by Gasteiger charge is -2.38. The summed E-state index contributed by atoms with van der Waals surface area (Å²) in [5, 5.41) is 23.0. The van der Waals surface area contributed by atoms with Crippen LogP contribution in [0.3, 0.4) is 0 Å². The second-order valence-electron chi connectivity index (χ2n) is 12.3. The number of nitrogens with zero attached hydrogens (tertiary/aromatic N) is 4. The number of amides is 2. The molecule has 1 unspecified atom stereocenters. The number of benzene rings is 2. The molecular weight excluding hydrogens is 597 g/mol. The van der Waals surface area contributed by atoms with Crippen molar-refractivity contribution in [2.24, 2.45) is 5.92 Å². The molecule has 2 aromatic carbocycles. The molecule has 2 N–H and O–H groups in total. The summed E-state index contributed by atoms with van der Waals surface area (Å²) in [4.78, 5) is 22.0. The predicted octanol–water partition coefficient (Wildman–Crippen LogP) is 6.26. The fourth-order valence-corrected chi connectivity index (χ4v) is 7.74. The number of halogens is 2. The first-order valence-corrected chi connectivity index (χ1v) is 16.0. The summed E-state index contributed by atoms with van der Waals surface area (Å²) in [6.07, 6.45) is 4.56. The highest BCUT2D eigenvalue weighted by molar-refractivity contribution is 6.33. The number of aliphatic hydroxyl groups excluding tert-OH is 1. The molecule has 8 nitrogen and oxygen atoms in total. The third-order valence-electron chi connectivity index (χ3n) is 9.65. The van der Waals surface area contributed by atoms with Crippen LogP contribution in [0.5, 0.6) is 0 Å². The Morgan fingerprint density at radius 3 is 2.66 bits per heavy atom. The van der Waals surface area contributed by atoms with Gasteiger partial charge in [-0.15, -0.1) is 0 Å². The van der Waals surface area contributed by atoms with Crippen LogP contribution in [0.25, 0.3) is 0 Å². The summed E-state index contributed by atoms with van der Waals surface area (Å²) < 4.78 is 6.22. The Bertz CT molecular complexity index is 1500. The Labute approximate surface area is 268 Å². The SMILES string of the molecule is N#Cc1cccc([C@]23CC[C@@H](N(CCN4C[C@H](OCc5ccccc5)C[C@H]4CO)C(=O)Nc4cc(Cl)nc(Cl)c4)CC2C3)c1. The molecule has 2 aliphatic carbocycles. The number of urea groups is 1. The van der Waals surface area contributed by atoms with Crippen LogP contribution in [0.4, 0.5) is 10.5 Å². The van der Waals surface area contributed by atoms with E-state index in [-0.39, 0.29) is 46.5 Å². The molecule has 44 heavy (non-hydrogen) atoms. The van der Waals surface area contributed by atoms with Gasteiger partial charge < -0.3 is 20.1 Å². The van der Waals surface area contributed by atoms with Crippen LogP contribution < -0.4 is 5.32 Å². The third-order valence-corrected chi connectivity index (χ3v) is 10.0. The standard InChI is InChI=1S/C34H37Cl2N5O3/c35-31-15-27(16-32(36)39-31)38-33(43)41(28-9-10-34(18-26(34)14-28)25-8-4-7-24(13-25)19-37)12-11-40-20-30(17-29(40)21-42)44-22-23-5-2-1-3-6-23/h1-8,13,15-16,26,28-30,42H,9-12,14,17-18,20-22H2,(H,38,39,43)/t26?,28-,29+,30-,34-/m1/s1. The van der Waals surface area contributed by atoms with Crippen molar-refractivity contribution in [3.8, 4) is 6.07 Å². The van der Waals surface area contributed by atoms with Crippen LogP contribution in [-0.2, 0) is 16.8 Å². The molecule has 3 fully saturated rings. The number of nitriles is 1. The zero-order valence-electron chi connectivity index (χ0n) is 24.5. The van der Waals surface area contributed by atoms with Crippen LogP contribution in [-0.4, -0.2) is 70.4 Å². The first kappa shape index (κ1) is 30.8. The van der Waals surface area contributed by atoms with E-state index in [4.69, 9.17) is 27.9 Å². The molecule has 0 spiro atoms. The number of ether oxygens (including phenoxy) is 1. The maximum absolute atomic E-state index is 13.8. The fourth-order valence-electron chi connectivity index (χ4n) is 7.27. The molecule has 1 saturated heterocycles. The predicted molar refractivity (Wildman–Crippen MR) is 171 cm³/mol. The van der Waals surface area contributed by atoms with Gasteiger partial charge in [0.05, 0.1) is 31.0 Å². The number of carbonyl (C=O) groups is 1. The topological polar surface area (TPSA) is 102 Å². The second-order valence-corrected chi connectivity index (χ2v) is 13.1. The van der Waals surface area contributed by atoms with E-state index in [9.17, 15) is 15.2 Å². The average Bonchev–Trinajstić information content (AvgIpc) is 3.64. The number of rotatable bonds is 10. The number of pyridine rings is 1. The number of carbonyl (C=O) groups excluding carboxylic acids is 1. The summed E-state index contributed by atoms with van der Waals surface area (Å²) >= 11 is 12.2. The summed E-state index contributed by atoms with van der Waals surface area (Å²) in [6, 6.07) is 23.4. The van der Waals surface area contributed by atoms with Gasteiger partial charge in [-0.3, -0.25) is 4.90 Å². The number of aliphatic hydroxyl groups is 1. The van der Waals surface area contributed by atoms with Crippen LogP contribution in [0.15, 0.2) is 66.7 Å². The van der Waals surface area contributed by atoms with E-state index in [0.29, 0.717) is 43.4 Å². The van der Waals surface area contributed by atoms with Gasteiger partial charge in [0.25, 0.3) is 0 Å². The number of fused-ring (bicyclic) bond motifs is 1. The smallest absolute Gasteiger partial charge is 0.322 e. The lowest BCUT2D eigenvalue weighted by molar-refractivity contribution is 0.0458. The number of hydrogen-bond donors (Lipinski definition) is 2. The highest BCUT2D eigenvalue weighted by Gasteiger charge is 2.58. The van der Waals surface area contributed by atoms with Crippen molar-refractivity contribution in [3.05, 3.63) is 93.7 Å². The maximum Gasteiger partial charge on any atom is 0.322 e. The fraction of sp³-hybridized carbons (Fsp3) is 0.441. The van der Waals surface area contributed by atoms with E-state index in [1.165, 1.54) is 5.56 Å². The zero-order chi connectivity index (χ0) is 30.7. The molecule has 1 aliphatic heterocycles. The van der Waals surface area contributed by atoms with E-state index in [2.05, 4.69) is 39.5 Å². The van der Waals surface area contributed by atoms with E-state index in [0.717, 1.165) is 37.7 Å². The minimum atomic E-state index is -0.204. The molecule has 0 radical (unpaired) electrons. The molecule has 10 heteroatoms. The number of hydrogen-bond acceptors (Lipinski definition) is 6. The number of nitrogens with one attached hydrogen (secondary N) is 1. The normalized spacial score (nSPS) is 26.0. The molecule has 230 valence electrons. The molecule has 2 amide bonds. The van der Waals surface area contributed by atoms with Gasteiger partial charge in [0.1, 0.15) is 10.3 Å². The second kappa shape index (κ2) is 13.4. The minimum Gasteiger partial charge on any atom is -0.395 e. The number of aromatic nitrogens is 1. The molecule has 1 aromatic heterocycles. The van der Waals surface area contributed by atoms with Gasteiger partial charge in [-0.25, -0.2) is 9.78 Å². The average molecular weight is 635 g/mol. The number of anilines is 1. The molecule has 5 atom stereocenters. The Morgan fingerprint density at radius 1 is 1.14 bits per heavy atom. The Morgan fingerprint density at radius 2 is 1.93 bits per heavy atom. The third kappa shape index (κ3) is 6.88. The van der Waals surface area contributed by atoms with Crippen LogP contribution >= 0.6 is 23.2 Å². The van der Waals surface area contributed by atoms with Crippen LogP contribution in [0, 0.1) is 17.2 Å². The summed E-state index contributed by atoms with van der Waals surface area (Å²) in [7, 11) is 0. The van der Waals surface area contributed by atoms with Crippen LogP contribution in [0.1, 0.15) is 48.8 Å². The van der Waals surface area contributed by atoms with Gasteiger partial charge in [0.2, 0.25) is 0 Å². The lowest BCUT2D eigenvalue weighted by atomic mass is 9.80. The van der Waals surface area contributed by atoms with Gasteiger partial charge in [0, 0.05) is 37.4 Å². The zero-order valence-corrected chi connectivity index (χ0v) is 26.1. The van der Waals surface area contributed by atoms with Gasteiger partial charge in [-0.05, 0) is 78.8 Å². The van der Waals surface area contributed by atoms with Crippen molar-refractivity contribution in [2.45, 2.75) is 62.3 Å². The summed E-state index contributed by atoms with van der Waals surface area (Å²) in [5.41, 5.74) is 3.65. The van der Waals surface area contributed by atoms with Crippen molar-refractivity contribution >= 4 is 34.9 Å². The molecule has 3 aromatic rings. The molecule has 2 heterocycles. The van der Waals surface area contributed by atoms with E-state index in [1.54, 1.807) is 12.1 Å². The molecular formula is C34H37Cl2N5O3. The Hall–Kier alpha value is -3.19. The van der Waals surface area contributed by atoms with Crippen LogP contribution in [0.2, 0.25) is 10.3 Å². The minimum absolute atomic E-state index is 0.0154. The summed E-state index contributed by atoms with van der Waals surface area (Å²) in [6.45, 7) is 2.41. The molecule has 0 bridgehead atoms. The molecule has 6 rings (SSSR count). The van der Waals surface area contributed by atoms with Gasteiger partial charge in [-0.2, -0.15) is 5.26 Å². The number of likely N-dealkylation sites (tertiary alicyclic amines) is 1. The quantitative estimate of drug-likeness (QED) is 0.256. The lowest BCUT2D eigenvalue weighted by Crippen LogP contribution is -2.49. The van der Waals surface area contributed by atoms with Crippen molar-refractivity contribution in [3.63, 3.8) is 0 Å². The van der Waals surface area contributed by atoms with E-state index in [1.807, 2.05) is 41.3 Å². The maximum atomic E-state index is 13.8. The first-order valence-electron chi connectivity index (χ1n) is 15.3. The van der Waals surface area contributed by atoms with Crippen molar-refractivity contribution in [1.82, 2.24) is 14.8 Å². The highest BCUT2D eigenvalue weighted by Crippen LogP contribution is 2.63. The van der Waals surface area contributed by atoms with Crippen molar-refractivity contribution < 1.29 is 14.6 Å². The van der Waals surface area contributed by atoms with Gasteiger partial charge in [0.15, 0.2) is 0 Å². The monoisotopic (exact) mass is 633 g/mol. The van der Waals surface area contributed by atoms with E-state index >= 15 is 0 Å². The molecule has 3 aliphatic rings. The highest BCUT2D eigenvalue weighted by atomic mass is 35.5. The van der Waals surface area contributed by atoms with Gasteiger partial charge in [-0.1, -0.05) is 65.7 Å². The van der Waals surface area contributed by atoms with E-state index < -0.39 is 0 Å².